The average Bonchev–Trinajstić information content (AvgIpc) is 2.71. The lowest BCUT2D eigenvalue weighted by molar-refractivity contribution is -0.122. The highest BCUT2D eigenvalue weighted by Crippen LogP contribution is 2.27. The predicted octanol–water partition coefficient (Wildman–Crippen LogP) is 0.565. The number of carbonyl (C=O) groups is 2. The summed E-state index contributed by atoms with van der Waals surface area (Å²) in [6.07, 6.45) is 0.965. The molecule has 1 aromatic rings. The Kier molecular flexibility index (Phi) is 4.93. The molecule has 8 heteroatoms. The highest BCUT2D eigenvalue weighted by atomic mass is 32.1. The fraction of sp³-hybridized carbons (Fsp3) is 0.583. The van der Waals surface area contributed by atoms with Gasteiger partial charge in [-0.25, -0.2) is 4.98 Å². The Morgan fingerprint density at radius 1 is 1.45 bits per heavy atom. The van der Waals surface area contributed by atoms with Crippen LogP contribution in [0.3, 0.4) is 0 Å². The van der Waals surface area contributed by atoms with Crippen molar-refractivity contribution in [3.8, 4) is 0 Å². The average molecular weight is 299 g/mol. The van der Waals surface area contributed by atoms with Crippen LogP contribution in [0.1, 0.15) is 36.9 Å². The number of hydrogen-bond donors (Lipinski definition) is 3. The molecule has 0 unspecified atom stereocenters. The first-order valence-electron chi connectivity index (χ1n) is 6.29. The summed E-state index contributed by atoms with van der Waals surface area (Å²) >= 11 is 1.19. The van der Waals surface area contributed by atoms with E-state index in [1.165, 1.54) is 25.2 Å². The van der Waals surface area contributed by atoms with Gasteiger partial charge in [-0.15, -0.1) is 0 Å². The zero-order valence-electron chi connectivity index (χ0n) is 12.2. The van der Waals surface area contributed by atoms with Crippen molar-refractivity contribution >= 4 is 34.1 Å². The summed E-state index contributed by atoms with van der Waals surface area (Å²) in [5.74, 6) is -0.900. The Labute approximate surface area is 122 Å². The lowest BCUT2D eigenvalue weighted by Crippen LogP contribution is -2.52. The number of nitrogens with one attached hydrogen (secondary N) is 1. The Balaban J connectivity index is 2.92. The molecule has 2 amide bonds. The molecule has 0 radical (unpaired) electrons. The van der Waals surface area contributed by atoms with Gasteiger partial charge in [0.2, 0.25) is 5.91 Å². The Morgan fingerprint density at radius 2 is 2.05 bits per heavy atom. The highest BCUT2D eigenvalue weighted by molar-refractivity contribution is 7.18. The molecule has 20 heavy (non-hydrogen) atoms. The fourth-order valence-electron chi connectivity index (χ4n) is 1.48. The first-order chi connectivity index (χ1) is 9.19. The van der Waals surface area contributed by atoms with Crippen molar-refractivity contribution in [1.29, 1.82) is 0 Å². The molecule has 5 N–H and O–H groups in total. The third-order valence-electron chi connectivity index (χ3n) is 2.78. The zero-order valence-corrected chi connectivity index (χ0v) is 13.0. The molecular formula is C12H21N5O2S. The highest BCUT2D eigenvalue weighted by Gasteiger charge is 2.29. The van der Waals surface area contributed by atoms with Crippen molar-refractivity contribution in [2.75, 3.05) is 24.2 Å². The first kappa shape index (κ1) is 16.2. The van der Waals surface area contributed by atoms with Crippen molar-refractivity contribution in [2.45, 2.75) is 32.7 Å². The summed E-state index contributed by atoms with van der Waals surface area (Å²) in [5, 5.41) is 3.23. The summed E-state index contributed by atoms with van der Waals surface area (Å²) in [5.41, 5.74) is 9.85. The number of primary amides is 1. The summed E-state index contributed by atoms with van der Waals surface area (Å²) in [6.45, 7) is 5.94. The van der Waals surface area contributed by atoms with Crippen molar-refractivity contribution in [1.82, 2.24) is 10.3 Å². The van der Waals surface area contributed by atoms with E-state index < -0.39 is 17.4 Å². The summed E-state index contributed by atoms with van der Waals surface area (Å²) < 4.78 is 0. The van der Waals surface area contributed by atoms with Gasteiger partial charge in [0.05, 0.1) is 0 Å². The van der Waals surface area contributed by atoms with E-state index in [2.05, 4.69) is 17.2 Å². The number of amides is 2. The lowest BCUT2D eigenvalue weighted by Gasteiger charge is -2.21. The number of hydrogen-bond acceptors (Lipinski definition) is 6. The number of carbonyl (C=O) groups excluding carboxylic acids is 2. The molecular weight excluding hydrogens is 278 g/mol. The van der Waals surface area contributed by atoms with Crippen LogP contribution in [0.4, 0.5) is 10.9 Å². The minimum atomic E-state index is -1.14. The zero-order chi connectivity index (χ0) is 15.5. The van der Waals surface area contributed by atoms with Crippen LogP contribution in [-0.4, -0.2) is 35.9 Å². The summed E-state index contributed by atoms with van der Waals surface area (Å²) in [4.78, 5) is 29.7. The molecule has 1 heterocycles. The van der Waals surface area contributed by atoms with Gasteiger partial charge in [-0.2, -0.15) is 0 Å². The molecule has 0 saturated heterocycles. The summed E-state index contributed by atoms with van der Waals surface area (Å²) in [7, 11) is 1.89. The second-order valence-electron chi connectivity index (χ2n) is 5.08. The molecule has 7 nitrogen and oxygen atoms in total. The number of rotatable bonds is 6. The van der Waals surface area contributed by atoms with Gasteiger partial charge < -0.3 is 21.7 Å². The topological polar surface area (TPSA) is 114 Å². The van der Waals surface area contributed by atoms with Gasteiger partial charge in [0.25, 0.3) is 5.91 Å². The van der Waals surface area contributed by atoms with Gasteiger partial charge in [-0.1, -0.05) is 18.3 Å². The van der Waals surface area contributed by atoms with E-state index in [9.17, 15) is 9.59 Å². The smallest absolute Gasteiger partial charge is 0.266 e. The van der Waals surface area contributed by atoms with Gasteiger partial charge in [-0.3, -0.25) is 9.59 Å². The molecule has 1 rings (SSSR count). The molecule has 0 fully saturated rings. The van der Waals surface area contributed by atoms with Crippen LogP contribution in [0.25, 0.3) is 0 Å². The van der Waals surface area contributed by atoms with Crippen LogP contribution in [0.2, 0.25) is 0 Å². The van der Waals surface area contributed by atoms with Crippen molar-refractivity contribution in [3.05, 3.63) is 4.88 Å². The molecule has 0 spiro atoms. The number of nitrogens with zero attached hydrogens (tertiary/aromatic N) is 2. The normalized spacial score (nSPS) is 11.2. The Hall–Kier alpha value is -1.83. The Bertz CT molecular complexity index is 512. The van der Waals surface area contributed by atoms with Crippen molar-refractivity contribution in [2.24, 2.45) is 5.73 Å². The number of aromatic nitrogens is 1. The fourth-order valence-corrected chi connectivity index (χ4v) is 2.35. The molecule has 0 aromatic carbocycles. The largest absolute Gasteiger partial charge is 0.382 e. The van der Waals surface area contributed by atoms with Crippen molar-refractivity contribution < 1.29 is 9.59 Å². The number of nitrogens with two attached hydrogens (primary N) is 2. The molecule has 0 saturated carbocycles. The maximum absolute atomic E-state index is 12.1. The van der Waals surface area contributed by atoms with Gasteiger partial charge in [0.1, 0.15) is 16.2 Å². The first-order valence-corrected chi connectivity index (χ1v) is 7.10. The standard InChI is InChI=1S/C12H21N5O2S/c1-5-6-17(4)11-15-8(13)7(20-11)9(18)16-12(2,3)10(14)19/h5-6,13H2,1-4H3,(H2,14,19)(H,16,18). The van der Waals surface area contributed by atoms with Crippen LogP contribution in [0.5, 0.6) is 0 Å². The number of nitrogen functional groups attached to an aromatic ring is 1. The molecule has 1 aromatic heterocycles. The monoisotopic (exact) mass is 299 g/mol. The SMILES string of the molecule is CCCN(C)c1nc(N)c(C(=O)NC(C)(C)C(N)=O)s1. The van der Waals surface area contributed by atoms with Crippen LogP contribution < -0.4 is 21.7 Å². The van der Waals surface area contributed by atoms with Crippen LogP contribution in [-0.2, 0) is 4.79 Å². The van der Waals surface area contributed by atoms with E-state index >= 15 is 0 Å². The predicted molar refractivity (Wildman–Crippen MR) is 80.8 cm³/mol. The molecule has 0 aliphatic rings. The van der Waals surface area contributed by atoms with Gasteiger partial charge in [-0.05, 0) is 20.3 Å². The van der Waals surface area contributed by atoms with E-state index in [-0.39, 0.29) is 10.7 Å². The van der Waals surface area contributed by atoms with Gasteiger partial charge in [0, 0.05) is 13.6 Å². The van der Waals surface area contributed by atoms with Gasteiger partial charge >= 0.3 is 0 Å². The number of anilines is 2. The molecule has 0 atom stereocenters. The van der Waals surface area contributed by atoms with E-state index in [1.54, 1.807) is 0 Å². The maximum atomic E-state index is 12.1. The lowest BCUT2D eigenvalue weighted by atomic mass is 10.1. The van der Waals surface area contributed by atoms with Crippen molar-refractivity contribution in [3.63, 3.8) is 0 Å². The van der Waals surface area contributed by atoms with Crippen LogP contribution >= 0.6 is 11.3 Å². The van der Waals surface area contributed by atoms with E-state index in [0.29, 0.717) is 5.13 Å². The summed E-state index contributed by atoms with van der Waals surface area (Å²) in [6, 6.07) is 0. The maximum Gasteiger partial charge on any atom is 0.266 e. The van der Waals surface area contributed by atoms with E-state index in [1.807, 2.05) is 11.9 Å². The van der Waals surface area contributed by atoms with Crippen LogP contribution in [0.15, 0.2) is 0 Å². The van der Waals surface area contributed by atoms with Gasteiger partial charge in [0.15, 0.2) is 5.13 Å². The molecule has 112 valence electrons. The van der Waals surface area contributed by atoms with E-state index in [0.717, 1.165) is 13.0 Å². The second-order valence-corrected chi connectivity index (χ2v) is 6.05. The third-order valence-corrected chi connectivity index (χ3v) is 3.96. The third kappa shape index (κ3) is 3.60. The van der Waals surface area contributed by atoms with E-state index in [4.69, 9.17) is 11.5 Å². The minimum Gasteiger partial charge on any atom is -0.382 e. The van der Waals surface area contributed by atoms with Crippen LogP contribution in [0, 0.1) is 0 Å². The minimum absolute atomic E-state index is 0.158. The Morgan fingerprint density at radius 3 is 2.55 bits per heavy atom. The quantitative estimate of drug-likeness (QED) is 0.710. The molecule has 0 aliphatic heterocycles. The second kappa shape index (κ2) is 6.08. The number of thiazole rings is 1. The molecule has 0 bridgehead atoms. The molecule has 0 aliphatic carbocycles.